The lowest BCUT2D eigenvalue weighted by atomic mass is 9.85. The van der Waals surface area contributed by atoms with E-state index in [1.807, 2.05) is 0 Å². The lowest BCUT2D eigenvalue weighted by molar-refractivity contribution is -0.148. The molecular formula is C10H18N2O4S. The maximum absolute atomic E-state index is 11.7. The van der Waals surface area contributed by atoms with Crippen LogP contribution in [0.2, 0.25) is 0 Å². The summed E-state index contributed by atoms with van der Waals surface area (Å²) in [5, 5.41) is 9.18. The van der Waals surface area contributed by atoms with E-state index in [0.717, 1.165) is 19.3 Å². The summed E-state index contributed by atoms with van der Waals surface area (Å²) >= 11 is 0. The van der Waals surface area contributed by atoms with Gasteiger partial charge in [0.2, 0.25) is 0 Å². The molecule has 17 heavy (non-hydrogen) atoms. The van der Waals surface area contributed by atoms with Crippen LogP contribution < -0.4 is 9.44 Å². The van der Waals surface area contributed by atoms with Crippen molar-refractivity contribution < 1.29 is 18.3 Å². The number of hydrogen-bond donors (Lipinski definition) is 3. The van der Waals surface area contributed by atoms with Gasteiger partial charge in [0.25, 0.3) is 10.2 Å². The second kappa shape index (κ2) is 4.22. The number of carboxylic acid groups (broad SMARTS) is 1. The Hall–Kier alpha value is -0.660. The highest BCUT2D eigenvalue weighted by atomic mass is 32.2. The first kappa shape index (κ1) is 12.8. The third kappa shape index (κ3) is 2.78. The van der Waals surface area contributed by atoms with E-state index in [4.69, 9.17) is 0 Å². The second-order valence-electron chi connectivity index (χ2n) is 5.18. The molecule has 0 aromatic heterocycles. The van der Waals surface area contributed by atoms with Gasteiger partial charge in [-0.15, -0.1) is 0 Å². The number of carbonyl (C=O) groups is 1. The van der Waals surface area contributed by atoms with Crippen LogP contribution in [0.25, 0.3) is 0 Å². The average molecular weight is 262 g/mol. The zero-order chi connectivity index (χ0) is 12.7. The molecule has 2 aliphatic rings. The Balaban J connectivity index is 2.04. The normalized spacial score (nSPS) is 33.8. The number of rotatable bonds is 5. The van der Waals surface area contributed by atoms with E-state index >= 15 is 0 Å². The predicted molar refractivity (Wildman–Crippen MR) is 61.6 cm³/mol. The Morgan fingerprint density at radius 1 is 1.29 bits per heavy atom. The first-order valence-electron chi connectivity index (χ1n) is 5.86. The predicted octanol–water partition coefficient (Wildman–Crippen LogP) is 0.216. The smallest absolute Gasteiger partial charge is 0.310 e. The summed E-state index contributed by atoms with van der Waals surface area (Å²) in [6.45, 7) is 1.60. The van der Waals surface area contributed by atoms with Crippen LogP contribution in [0.4, 0.5) is 0 Å². The molecule has 2 rings (SSSR count). The van der Waals surface area contributed by atoms with Crippen molar-refractivity contribution in [1.82, 2.24) is 9.44 Å². The van der Waals surface area contributed by atoms with E-state index in [0.29, 0.717) is 12.8 Å². The van der Waals surface area contributed by atoms with Crippen LogP contribution in [-0.2, 0) is 15.0 Å². The number of aliphatic carboxylic acids is 1. The summed E-state index contributed by atoms with van der Waals surface area (Å²) in [7, 11) is -3.57. The molecule has 2 unspecified atom stereocenters. The molecule has 0 bridgehead atoms. The van der Waals surface area contributed by atoms with E-state index in [1.54, 1.807) is 6.92 Å². The van der Waals surface area contributed by atoms with Crippen molar-refractivity contribution in [3.63, 3.8) is 0 Å². The van der Waals surface area contributed by atoms with Crippen molar-refractivity contribution in [2.45, 2.75) is 51.1 Å². The van der Waals surface area contributed by atoms with Crippen molar-refractivity contribution in [2.24, 2.45) is 5.41 Å². The lowest BCUT2D eigenvalue weighted by Crippen LogP contribution is -2.50. The summed E-state index contributed by atoms with van der Waals surface area (Å²) in [5.74, 6) is -0.936. The molecule has 0 aromatic rings. The topological polar surface area (TPSA) is 95.5 Å². The minimum absolute atomic E-state index is 0.0324. The lowest BCUT2D eigenvalue weighted by Gasteiger charge is -2.27. The Morgan fingerprint density at radius 2 is 1.94 bits per heavy atom. The van der Waals surface area contributed by atoms with Gasteiger partial charge in [-0.2, -0.15) is 17.9 Å². The summed E-state index contributed by atoms with van der Waals surface area (Å²) in [6.07, 6.45) is 3.55. The first-order chi connectivity index (χ1) is 7.83. The molecule has 0 saturated heterocycles. The third-order valence-corrected chi connectivity index (χ3v) is 4.88. The minimum Gasteiger partial charge on any atom is -0.481 e. The molecule has 2 fully saturated rings. The molecular weight excluding hydrogens is 244 g/mol. The molecule has 6 nitrogen and oxygen atoms in total. The maximum atomic E-state index is 11.7. The van der Waals surface area contributed by atoms with Gasteiger partial charge in [0.05, 0.1) is 5.41 Å². The van der Waals surface area contributed by atoms with Crippen LogP contribution in [0.5, 0.6) is 0 Å². The zero-order valence-corrected chi connectivity index (χ0v) is 10.6. The van der Waals surface area contributed by atoms with Crippen LogP contribution in [-0.4, -0.2) is 31.6 Å². The van der Waals surface area contributed by atoms with Crippen LogP contribution in [0.15, 0.2) is 0 Å². The molecule has 0 heterocycles. The SMILES string of the molecule is CC1(C(=O)O)CCCC1NS(=O)(=O)NC1CC1. The summed E-state index contributed by atoms with van der Waals surface area (Å²) in [5.41, 5.74) is -0.988. The fourth-order valence-corrected chi connectivity index (χ4v) is 3.75. The summed E-state index contributed by atoms with van der Waals surface area (Å²) in [4.78, 5) is 11.2. The van der Waals surface area contributed by atoms with Crippen molar-refractivity contribution in [2.75, 3.05) is 0 Å². The van der Waals surface area contributed by atoms with Crippen molar-refractivity contribution >= 4 is 16.2 Å². The van der Waals surface area contributed by atoms with Gasteiger partial charge in [-0.25, -0.2) is 0 Å². The van der Waals surface area contributed by atoms with Crippen LogP contribution in [0.3, 0.4) is 0 Å². The molecule has 7 heteroatoms. The molecule has 2 saturated carbocycles. The molecule has 2 atom stereocenters. The van der Waals surface area contributed by atoms with Crippen LogP contribution in [0, 0.1) is 5.41 Å². The van der Waals surface area contributed by atoms with E-state index in [-0.39, 0.29) is 6.04 Å². The van der Waals surface area contributed by atoms with Crippen molar-refractivity contribution in [3.05, 3.63) is 0 Å². The minimum atomic E-state index is -3.57. The highest BCUT2D eigenvalue weighted by Gasteiger charge is 2.47. The van der Waals surface area contributed by atoms with E-state index in [2.05, 4.69) is 9.44 Å². The highest BCUT2D eigenvalue weighted by molar-refractivity contribution is 7.87. The van der Waals surface area contributed by atoms with Crippen molar-refractivity contribution in [3.8, 4) is 0 Å². The standard InChI is InChI=1S/C10H18N2O4S/c1-10(9(13)14)6-2-3-8(10)12-17(15,16)11-7-4-5-7/h7-8,11-12H,2-6H2,1H3,(H,13,14). The number of nitrogens with one attached hydrogen (secondary N) is 2. The van der Waals surface area contributed by atoms with Gasteiger partial charge in [0, 0.05) is 12.1 Å². The molecule has 3 N–H and O–H groups in total. The molecule has 0 aromatic carbocycles. The Bertz CT molecular complexity index is 418. The highest BCUT2D eigenvalue weighted by Crippen LogP contribution is 2.38. The van der Waals surface area contributed by atoms with Crippen LogP contribution in [0.1, 0.15) is 39.0 Å². The van der Waals surface area contributed by atoms with Gasteiger partial charge in [-0.05, 0) is 32.6 Å². The second-order valence-corrected chi connectivity index (χ2v) is 6.66. The molecule has 0 spiro atoms. The van der Waals surface area contributed by atoms with Gasteiger partial charge in [0.15, 0.2) is 0 Å². The fraction of sp³-hybridized carbons (Fsp3) is 0.900. The van der Waals surface area contributed by atoms with Crippen LogP contribution >= 0.6 is 0 Å². The summed E-state index contributed by atoms with van der Waals surface area (Å²) < 4.78 is 28.4. The van der Waals surface area contributed by atoms with E-state index in [1.165, 1.54) is 0 Å². The fourth-order valence-electron chi connectivity index (χ4n) is 2.25. The number of carboxylic acids is 1. The molecule has 0 aliphatic heterocycles. The summed E-state index contributed by atoms with van der Waals surface area (Å²) in [6, 6.07) is -0.485. The third-order valence-electron chi connectivity index (χ3n) is 3.64. The molecule has 0 radical (unpaired) electrons. The Labute approximate surface area is 101 Å². The first-order valence-corrected chi connectivity index (χ1v) is 7.35. The molecule has 0 amide bonds. The van der Waals surface area contributed by atoms with Gasteiger partial charge in [-0.1, -0.05) is 6.42 Å². The zero-order valence-electron chi connectivity index (χ0n) is 9.77. The average Bonchev–Trinajstić information content (AvgIpc) is 2.91. The maximum Gasteiger partial charge on any atom is 0.310 e. The van der Waals surface area contributed by atoms with E-state index < -0.39 is 27.6 Å². The Kier molecular flexibility index (Phi) is 3.17. The Morgan fingerprint density at radius 3 is 2.47 bits per heavy atom. The number of hydrogen-bond acceptors (Lipinski definition) is 3. The van der Waals surface area contributed by atoms with Crippen molar-refractivity contribution in [1.29, 1.82) is 0 Å². The van der Waals surface area contributed by atoms with Gasteiger partial charge >= 0.3 is 5.97 Å². The van der Waals surface area contributed by atoms with E-state index in [9.17, 15) is 18.3 Å². The molecule has 2 aliphatic carbocycles. The van der Waals surface area contributed by atoms with Gasteiger partial charge in [0.1, 0.15) is 0 Å². The van der Waals surface area contributed by atoms with Gasteiger partial charge in [-0.3, -0.25) is 4.79 Å². The largest absolute Gasteiger partial charge is 0.481 e. The quantitative estimate of drug-likeness (QED) is 0.660. The molecule has 98 valence electrons. The monoisotopic (exact) mass is 262 g/mol. The van der Waals surface area contributed by atoms with Gasteiger partial charge < -0.3 is 5.11 Å².